The van der Waals surface area contributed by atoms with Gasteiger partial charge in [-0.2, -0.15) is 0 Å². The Bertz CT molecular complexity index is 556. The van der Waals surface area contributed by atoms with Crippen LogP contribution in [0.5, 0.6) is 0 Å². The second kappa shape index (κ2) is 6.49. The molecule has 1 fully saturated rings. The van der Waals surface area contributed by atoms with E-state index in [0.29, 0.717) is 6.42 Å². The highest BCUT2D eigenvalue weighted by Crippen LogP contribution is 2.43. The van der Waals surface area contributed by atoms with Crippen molar-refractivity contribution in [2.24, 2.45) is 4.99 Å². The normalized spacial score (nSPS) is 21.5. The maximum absolute atomic E-state index is 11.7. The molecule has 5 nitrogen and oxygen atoms in total. The topological polar surface area (TPSA) is 51.1 Å². The Morgan fingerprint density at radius 2 is 2.19 bits per heavy atom. The van der Waals surface area contributed by atoms with Crippen molar-refractivity contribution in [2.45, 2.75) is 11.7 Å². The SMILES string of the molecule is COC(=O)CC1SC(N2CCOCC2)=Nc2ccccc21. The number of rotatable bonds is 2. The van der Waals surface area contributed by atoms with Crippen LogP contribution in [0.15, 0.2) is 29.3 Å². The van der Waals surface area contributed by atoms with Crippen LogP contribution in [-0.4, -0.2) is 49.4 Å². The number of carbonyl (C=O) groups is 1. The van der Waals surface area contributed by atoms with Gasteiger partial charge in [-0.05, 0) is 11.6 Å². The molecule has 2 aliphatic rings. The van der Waals surface area contributed by atoms with Gasteiger partial charge < -0.3 is 14.4 Å². The number of aliphatic imine (C=N–C) groups is 1. The van der Waals surface area contributed by atoms with Crippen molar-refractivity contribution in [3.63, 3.8) is 0 Å². The molecular formula is C15H18N2O3S. The lowest BCUT2D eigenvalue weighted by Gasteiger charge is -2.33. The average molecular weight is 306 g/mol. The van der Waals surface area contributed by atoms with Gasteiger partial charge in [0.15, 0.2) is 5.17 Å². The number of thioether (sulfide) groups is 1. The summed E-state index contributed by atoms with van der Waals surface area (Å²) < 4.78 is 10.2. The van der Waals surface area contributed by atoms with E-state index in [1.54, 1.807) is 11.8 Å². The number of ether oxygens (including phenoxy) is 2. The number of fused-ring (bicyclic) bond motifs is 1. The van der Waals surface area contributed by atoms with Crippen LogP contribution in [0.25, 0.3) is 0 Å². The molecule has 0 radical (unpaired) electrons. The van der Waals surface area contributed by atoms with E-state index in [-0.39, 0.29) is 11.2 Å². The molecule has 0 N–H and O–H groups in total. The number of morpholine rings is 1. The van der Waals surface area contributed by atoms with Gasteiger partial charge in [-0.15, -0.1) is 0 Å². The van der Waals surface area contributed by atoms with E-state index in [2.05, 4.69) is 4.90 Å². The molecule has 6 heteroatoms. The van der Waals surface area contributed by atoms with E-state index in [1.807, 2.05) is 24.3 Å². The van der Waals surface area contributed by atoms with E-state index in [4.69, 9.17) is 14.5 Å². The maximum atomic E-state index is 11.7. The van der Waals surface area contributed by atoms with E-state index < -0.39 is 0 Å². The number of hydrogen-bond acceptors (Lipinski definition) is 6. The van der Waals surface area contributed by atoms with Gasteiger partial charge in [0.25, 0.3) is 0 Å². The Labute approximate surface area is 128 Å². The molecule has 1 saturated heterocycles. The van der Waals surface area contributed by atoms with Crippen molar-refractivity contribution in [2.75, 3.05) is 33.4 Å². The van der Waals surface area contributed by atoms with Crippen molar-refractivity contribution in [1.82, 2.24) is 4.90 Å². The summed E-state index contributed by atoms with van der Waals surface area (Å²) in [6.07, 6.45) is 0.363. The number of para-hydroxylation sites is 1. The number of esters is 1. The molecule has 0 saturated carbocycles. The van der Waals surface area contributed by atoms with Gasteiger partial charge in [0, 0.05) is 18.3 Å². The quantitative estimate of drug-likeness (QED) is 0.785. The molecule has 0 aromatic heterocycles. The highest BCUT2D eigenvalue weighted by Gasteiger charge is 2.29. The van der Waals surface area contributed by atoms with Gasteiger partial charge in [0.2, 0.25) is 0 Å². The highest BCUT2D eigenvalue weighted by molar-refractivity contribution is 8.14. The van der Waals surface area contributed by atoms with Crippen LogP contribution >= 0.6 is 11.8 Å². The zero-order valence-corrected chi connectivity index (χ0v) is 12.8. The van der Waals surface area contributed by atoms with Gasteiger partial charge in [-0.3, -0.25) is 4.79 Å². The zero-order valence-electron chi connectivity index (χ0n) is 11.9. The minimum atomic E-state index is -0.189. The van der Waals surface area contributed by atoms with Gasteiger partial charge >= 0.3 is 5.97 Å². The van der Waals surface area contributed by atoms with Crippen molar-refractivity contribution in [3.8, 4) is 0 Å². The monoisotopic (exact) mass is 306 g/mol. The Morgan fingerprint density at radius 1 is 1.43 bits per heavy atom. The van der Waals surface area contributed by atoms with Crippen LogP contribution in [0.1, 0.15) is 17.2 Å². The van der Waals surface area contributed by atoms with Crippen LogP contribution in [-0.2, 0) is 14.3 Å². The summed E-state index contributed by atoms with van der Waals surface area (Å²) >= 11 is 1.64. The summed E-state index contributed by atoms with van der Waals surface area (Å²) in [4.78, 5) is 18.6. The van der Waals surface area contributed by atoms with Gasteiger partial charge in [0.1, 0.15) is 0 Å². The van der Waals surface area contributed by atoms with Crippen LogP contribution in [0.4, 0.5) is 5.69 Å². The predicted octanol–water partition coefficient (Wildman–Crippen LogP) is 2.36. The van der Waals surface area contributed by atoms with Crippen molar-refractivity contribution in [3.05, 3.63) is 29.8 Å². The first-order valence-electron chi connectivity index (χ1n) is 7.01. The highest BCUT2D eigenvalue weighted by atomic mass is 32.2. The van der Waals surface area contributed by atoms with Crippen molar-refractivity contribution >= 4 is 28.6 Å². The Morgan fingerprint density at radius 3 is 2.95 bits per heavy atom. The molecule has 0 amide bonds. The van der Waals surface area contributed by atoms with Crippen LogP contribution in [0.2, 0.25) is 0 Å². The Kier molecular flexibility index (Phi) is 4.45. The smallest absolute Gasteiger partial charge is 0.306 e. The fraction of sp³-hybridized carbons (Fsp3) is 0.467. The molecule has 3 rings (SSSR count). The number of amidine groups is 1. The summed E-state index contributed by atoms with van der Waals surface area (Å²) in [7, 11) is 1.43. The maximum Gasteiger partial charge on any atom is 0.306 e. The molecule has 0 aliphatic carbocycles. The zero-order chi connectivity index (χ0) is 14.7. The molecule has 21 heavy (non-hydrogen) atoms. The summed E-state index contributed by atoms with van der Waals surface area (Å²) in [6, 6.07) is 8.00. The Balaban J connectivity index is 1.86. The van der Waals surface area contributed by atoms with Crippen molar-refractivity contribution < 1.29 is 14.3 Å². The molecule has 2 heterocycles. The van der Waals surface area contributed by atoms with Crippen LogP contribution < -0.4 is 0 Å². The van der Waals surface area contributed by atoms with Crippen LogP contribution in [0.3, 0.4) is 0 Å². The first-order valence-corrected chi connectivity index (χ1v) is 7.89. The molecule has 1 unspecified atom stereocenters. The molecule has 112 valence electrons. The molecule has 0 bridgehead atoms. The molecule has 1 atom stereocenters. The summed E-state index contributed by atoms with van der Waals surface area (Å²) in [5.41, 5.74) is 2.05. The largest absolute Gasteiger partial charge is 0.469 e. The molecule has 2 aliphatic heterocycles. The van der Waals surface area contributed by atoms with E-state index in [1.165, 1.54) is 7.11 Å². The van der Waals surface area contributed by atoms with E-state index in [0.717, 1.165) is 42.7 Å². The predicted molar refractivity (Wildman–Crippen MR) is 82.9 cm³/mol. The lowest BCUT2D eigenvalue weighted by molar-refractivity contribution is -0.140. The van der Waals surface area contributed by atoms with Gasteiger partial charge in [-0.1, -0.05) is 30.0 Å². The molecular weight excluding hydrogens is 288 g/mol. The average Bonchev–Trinajstić information content (AvgIpc) is 2.55. The number of methoxy groups -OCH3 is 1. The fourth-order valence-corrected chi connectivity index (χ4v) is 3.75. The first kappa shape index (κ1) is 14.4. The molecule has 1 aromatic carbocycles. The second-order valence-electron chi connectivity index (χ2n) is 4.94. The lowest BCUT2D eigenvalue weighted by atomic mass is 10.1. The molecule has 1 aromatic rings. The number of carbonyl (C=O) groups excluding carboxylic acids is 1. The van der Waals surface area contributed by atoms with E-state index in [9.17, 15) is 4.79 Å². The summed E-state index contributed by atoms with van der Waals surface area (Å²) in [5, 5.41) is 1.04. The summed E-state index contributed by atoms with van der Waals surface area (Å²) in [5.74, 6) is -0.189. The third-order valence-electron chi connectivity index (χ3n) is 3.61. The third kappa shape index (κ3) is 3.22. The third-order valence-corrected chi connectivity index (χ3v) is 4.87. The fourth-order valence-electron chi connectivity index (χ4n) is 2.47. The van der Waals surface area contributed by atoms with Gasteiger partial charge in [-0.25, -0.2) is 4.99 Å². The van der Waals surface area contributed by atoms with Crippen molar-refractivity contribution in [1.29, 1.82) is 0 Å². The minimum Gasteiger partial charge on any atom is -0.469 e. The standard InChI is InChI=1S/C15H18N2O3S/c1-19-14(18)10-13-11-4-2-3-5-12(11)16-15(21-13)17-6-8-20-9-7-17/h2-5,13H,6-10H2,1H3. The summed E-state index contributed by atoms with van der Waals surface area (Å²) in [6.45, 7) is 3.14. The van der Waals surface area contributed by atoms with Gasteiger partial charge in [0.05, 0.1) is 32.4 Å². The number of hydrogen-bond donors (Lipinski definition) is 0. The second-order valence-corrected chi connectivity index (χ2v) is 6.11. The Hall–Kier alpha value is -1.53. The number of benzene rings is 1. The lowest BCUT2D eigenvalue weighted by Crippen LogP contribution is -2.40. The molecule has 0 spiro atoms. The first-order chi connectivity index (χ1) is 10.3. The minimum absolute atomic E-state index is 0.0593. The number of nitrogens with zero attached hydrogens (tertiary/aromatic N) is 2. The van der Waals surface area contributed by atoms with E-state index >= 15 is 0 Å². The van der Waals surface area contributed by atoms with Crippen LogP contribution in [0, 0.1) is 0 Å².